The zero-order valence-electron chi connectivity index (χ0n) is 16.4. The Hall–Kier alpha value is -3.76. The molecular formula is C23H21N7. The number of hydrogen-bond acceptors (Lipinski definition) is 5. The predicted molar refractivity (Wildman–Crippen MR) is 117 cm³/mol. The van der Waals surface area contributed by atoms with Gasteiger partial charge >= 0.3 is 0 Å². The highest BCUT2D eigenvalue weighted by atomic mass is 15.3. The van der Waals surface area contributed by atoms with Gasteiger partial charge in [0.15, 0.2) is 5.65 Å². The summed E-state index contributed by atoms with van der Waals surface area (Å²) < 4.78 is 1.57. The standard InChI is InChI=1S/C23H21N7/c1-25-21-20(16-9-11-26-12-10-16)29-23-18(14-28-30(23)22(21)24)17-7-8-19(27-13-17)15-5-3-2-4-6-15/h2-8,13-14,16,26H,9-12,24H2. The summed E-state index contributed by atoms with van der Waals surface area (Å²) in [6, 6.07) is 14.1. The Morgan fingerprint density at radius 3 is 2.53 bits per heavy atom. The molecule has 0 spiro atoms. The number of anilines is 1. The van der Waals surface area contributed by atoms with E-state index in [1.807, 2.05) is 48.7 Å². The topological polar surface area (TPSA) is 85.5 Å². The quantitative estimate of drug-likeness (QED) is 0.511. The first-order valence-electron chi connectivity index (χ1n) is 10.0. The third-order valence-electron chi connectivity index (χ3n) is 5.67. The van der Waals surface area contributed by atoms with E-state index >= 15 is 0 Å². The number of hydrogen-bond donors (Lipinski definition) is 2. The van der Waals surface area contributed by atoms with Crippen molar-refractivity contribution in [3.05, 3.63) is 72.0 Å². The number of rotatable bonds is 3. The van der Waals surface area contributed by atoms with Gasteiger partial charge in [0, 0.05) is 22.9 Å². The highest BCUT2D eigenvalue weighted by Crippen LogP contribution is 2.37. The van der Waals surface area contributed by atoms with Crippen LogP contribution in [0.25, 0.3) is 32.9 Å². The number of fused-ring (bicyclic) bond motifs is 1. The fourth-order valence-corrected chi connectivity index (χ4v) is 4.06. The number of pyridine rings is 1. The van der Waals surface area contributed by atoms with Crippen molar-refractivity contribution in [2.75, 3.05) is 18.8 Å². The summed E-state index contributed by atoms with van der Waals surface area (Å²) in [4.78, 5) is 13.2. The van der Waals surface area contributed by atoms with Gasteiger partial charge in [0.05, 0.1) is 24.2 Å². The lowest BCUT2D eigenvalue weighted by Crippen LogP contribution is -2.27. The monoisotopic (exact) mass is 395 g/mol. The lowest BCUT2D eigenvalue weighted by atomic mass is 9.93. The van der Waals surface area contributed by atoms with Crippen molar-refractivity contribution in [1.29, 1.82) is 0 Å². The molecule has 1 aliphatic heterocycles. The van der Waals surface area contributed by atoms with Crippen molar-refractivity contribution in [3.8, 4) is 22.4 Å². The van der Waals surface area contributed by atoms with E-state index in [0.29, 0.717) is 17.2 Å². The molecule has 7 heteroatoms. The molecule has 0 aliphatic carbocycles. The Morgan fingerprint density at radius 1 is 1.03 bits per heavy atom. The Bertz CT molecular complexity index is 1230. The Labute approximate surface area is 174 Å². The number of benzene rings is 1. The zero-order valence-corrected chi connectivity index (χ0v) is 16.4. The summed E-state index contributed by atoms with van der Waals surface area (Å²) in [5.74, 6) is 0.577. The molecule has 4 aromatic rings. The molecule has 1 saturated heterocycles. The van der Waals surface area contributed by atoms with Crippen molar-refractivity contribution in [2.45, 2.75) is 18.8 Å². The van der Waals surface area contributed by atoms with Crippen molar-refractivity contribution < 1.29 is 0 Å². The van der Waals surface area contributed by atoms with Crippen LogP contribution >= 0.6 is 0 Å². The van der Waals surface area contributed by atoms with E-state index < -0.39 is 0 Å². The van der Waals surface area contributed by atoms with Crippen LogP contribution in [0.5, 0.6) is 0 Å². The second-order valence-electron chi connectivity index (χ2n) is 7.46. The number of aromatic nitrogens is 4. The second-order valence-corrected chi connectivity index (χ2v) is 7.46. The molecule has 4 heterocycles. The maximum absolute atomic E-state index is 7.63. The molecule has 0 atom stereocenters. The van der Waals surface area contributed by atoms with Gasteiger partial charge in [0.25, 0.3) is 0 Å². The van der Waals surface area contributed by atoms with Crippen LogP contribution in [0.3, 0.4) is 0 Å². The molecule has 0 unspecified atom stereocenters. The van der Waals surface area contributed by atoms with E-state index in [4.69, 9.17) is 17.3 Å². The van der Waals surface area contributed by atoms with Gasteiger partial charge in [-0.25, -0.2) is 14.3 Å². The Kier molecular flexibility index (Phi) is 4.62. The number of piperidine rings is 1. The van der Waals surface area contributed by atoms with Gasteiger partial charge in [0.1, 0.15) is 5.82 Å². The average Bonchev–Trinajstić information content (AvgIpc) is 3.25. The SMILES string of the molecule is [C-]#[N+]c1c(C2CCNCC2)nc2c(-c3ccc(-c4ccccc4)nc3)cnn2c1N. The predicted octanol–water partition coefficient (Wildman–Crippen LogP) is 4.06. The lowest BCUT2D eigenvalue weighted by Gasteiger charge is -2.23. The van der Waals surface area contributed by atoms with Crippen molar-refractivity contribution >= 4 is 17.2 Å². The van der Waals surface area contributed by atoms with Crippen LogP contribution in [0.15, 0.2) is 54.9 Å². The largest absolute Gasteiger partial charge is 0.392 e. The van der Waals surface area contributed by atoms with E-state index in [1.165, 1.54) is 0 Å². The van der Waals surface area contributed by atoms with E-state index in [9.17, 15) is 0 Å². The van der Waals surface area contributed by atoms with Gasteiger partial charge in [-0.1, -0.05) is 36.4 Å². The first-order valence-corrected chi connectivity index (χ1v) is 10.0. The summed E-state index contributed by atoms with van der Waals surface area (Å²) in [6.07, 6.45) is 5.48. The second kappa shape index (κ2) is 7.58. The number of nitrogens with one attached hydrogen (secondary N) is 1. The average molecular weight is 395 g/mol. The van der Waals surface area contributed by atoms with E-state index in [-0.39, 0.29) is 5.92 Å². The highest BCUT2D eigenvalue weighted by Gasteiger charge is 2.25. The molecule has 1 fully saturated rings. The van der Waals surface area contributed by atoms with Crippen LogP contribution in [0, 0.1) is 6.57 Å². The smallest absolute Gasteiger partial charge is 0.249 e. The summed E-state index contributed by atoms with van der Waals surface area (Å²) >= 11 is 0. The Morgan fingerprint density at radius 2 is 1.83 bits per heavy atom. The molecule has 3 aromatic heterocycles. The van der Waals surface area contributed by atoms with Crippen LogP contribution in [0.2, 0.25) is 0 Å². The first-order chi connectivity index (χ1) is 14.8. The van der Waals surface area contributed by atoms with Gasteiger partial charge in [-0.3, -0.25) is 4.98 Å². The first kappa shape index (κ1) is 18.3. The normalized spacial score (nSPS) is 14.6. The Balaban J connectivity index is 1.60. The third-order valence-corrected chi connectivity index (χ3v) is 5.67. The van der Waals surface area contributed by atoms with Crippen LogP contribution in [0.4, 0.5) is 11.5 Å². The van der Waals surface area contributed by atoms with E-state index in [2.05, 4.69) is 20.2 Å². The minimum Gasteiger partial charge on any atom is -0.392 e. The molecule has 3 N–H and O–H groups in total. The molecule has 1 aliphatic rings. The number of nitrogen functional groups attached to an aromatic ring is 1. The summed E-state index contributed by atoms with van der Waals surface area (Å²) in [7, 11) is 0. The molecule has 0 radical (unpaired) electrons. The molecule has 0 bridgehead atoms. The minimum atomic E-state index is 0.226. The summed E-state index contributed by atoms with van der Waals surface area (Å²) in [6.45, 7) is 9.48. The summed E-state index contributed by atoms with van der Waals surface area (Å²) in [5.41, 5.74) is 12.0. The van der Waals surface area contributed by atoms with Gasteiger partial charge in [-0.15, -0.1) is 0 Å². The fourth-order valence-electron chi connectivity index (χ4n) is 4.06. The van der Waals surface area contributed by atoms with Crippen LogP contribution in [-0.2, 0) is 0 Å². The molecule has 0 amide bonds. The molecule has 0 saturated carbocycles. The van der Waals surface area contributed by atoms with Crippen LogP contribution in [-0.4, -0.2) is 32.7 Å². The van der Waals surface area contributed by atoms with Gasteiger partial charge in [-0.2, -0.15) is 5.10 Å². The van der Waals surface area contributed by atoms with Crippen molar-refractivity contribution in [3.63, 3.8) is 0 Å². The van der Waals surface area contributed by atoms with Crippen LogP contribution in [0.1, 0.15) is 24.5 Å². The molecular weight excluding hydrogens is 374 g/mol. The number of nitrogens with two attached hydrogens (primary N) is 1. The molecule has 30 heavy (non-hydrogen) atoms. The maximum Gasteiger partial charge on any atom is 0.249 e. The summed E-state index contributed by atoms with van der Waals surface area (Å²) in [5, 5.41) is 7.78. The van der Waals surface area contributed by atoms with E-state index in [0.717, 1.165) is 54.0 Å². The number of nitrogens with zero attached hydrogens (tertiary/aromatic N) is 5. The molecule has 7 nitrogen and oxygen atoms in total. The molecule has 5 rings (SSSR count). The lowest BCUT2D eigenvalue weighted by molar-refractivity contribution is 0.455. The van der Waals surface area contributed by atoms with Gasteiger partial charge in [-0.05, 0) is 37.9 Å². The van der Waals surface area contributed by atoms with E-state index in [1.54, 1.807) is 10.7 Å². The zero-order chi connectivity index (χ0) is 20.5. The third kappa shape index (κ3) is 3.08. The fraction of sp³-hybridized carbons (Fsp3) is 0.217. The highest BCUT2D eigenvalue weighted by molar-refractivity contribution is 5.81. The minimum absolute atomic E-state index is 0.226. The molecule has 148 valence electrons. The maximum atomic E-state index is 7.63. The van der Waals surface area contributed by atoms with Crippen molar-refractivity contribution in [1.82, 2.24) is 24.9 Å². The van der Waals surface area contributed by atoms with Crippen molar-refractivity contribution in [2.24, 2.45) is 0 Å². The van der Waals surface area contributed by atoms with Crippen LogP contribution < -0.4 is 11.1 Å². The van der Waals surface area contributed by atoms with Gasteiger partial charge in [0.2, 0.25) is 5.69 Å². The molecule has 1 aromatic carbocycles. The van der Waals surface area contributed by atoms with Gasteiger partial charge < -0.3 is 11.1 Å².